The number of rotatable bonds is 6. The summed E-state index contributed by atoms with van der Waals surface area (Å²) < 4.78 is 5.92. The summed E-state index contributed by atoms with van der Waals surface area (Å²) in [6, 6.07) is 7.83. The van der Waals surface area contributed by atoms with Gasteiger partial charge < -0.3 is 10.1 Å². The number of anilines is 1. The number of hydrogen-bond acceptors (Lipinski definition) is 4. The first-order valence-electron chi connectivity index (χ1n) is 9.56. The van der Waals surface area contributed by atoms with Crippen LogP contribution < -0.4 is 15.4 Å². The zero-order valence-electron chi connectivity index (χ0n) is 16.9. The van der Waals surface area contributed by atoms with E-state index in [-0.39, 0.29) is 28.0 Å². The highest BCUT2D eigenvalue weighted by molar-refractivity contribution is 6.37. The minimum atomic E-state index is -0.676. The summed E-state index contributed by atoms with van der Waals surface area (Å²) in [7, 11) is 0. The molecular weight excluding hydrogens is 427 g/mol. The molecule has 1 aliphatic rings. The summed E-state index contributed by atoms with van der Waals surface area (Å²) >= 11 is 12.6. The fraction of sp³-hybridized carbons (Fsp3) is 0.318. The molecule has 6 nitrogen and oxygen atoms in total. The molecule has 0 radical (unpaired) electrons. The van der Waals surface area contributed by atoms with Gasteiger partial charge in [-0.2, -0.15) is 0 Å². The molecule has 0 aromatic heterocycles. The molecule has 3 amide bonds. The second-order valence-electron chi connectivity index (χ2n) is 7.34. The van der Waals surface area contributed by atoms with Gasteiger partial charge in [-0.3, -0.25) is 14.9 Å². The van der Waals surface area contributed by atoms with Crippen LogP contribution in [0, 0.1) is 6.92 Å². The van der Waals surface area contributed by atoms with Crippen molar-refractivity contribution >= 4 is 46.6 Å². The maximum absolute atomic E-state index is 12.1. The molecular formula is C22H22Cl2N2O4. The minimum Gasteiger partial charge on any atom is -0.454 e. The number of carbonyl (C=O) groups is 3. The highest BCUT2D eigenvalue weighted by Crippen LogP contribution is 2.51. The van der Waals surface area contributed by atoms with Gasteiger partial charge in [0.15, 0.2) is 5.75 Å². The predicted molar refractivity (Wildman–Crippen MR) is 117 cm³/mol. The summed E-state index contributed by atoms with van der Waals surface area (Å²) in [6.45, 7) is 5.22. The minimum absolute atomic E-state index is 0.147. The summed E-state index contributed by atoms with van der Waals surface area (Å²) in [5, 5.41) is 5.06. The average Bonchev–Trinajstić information content (AvgIpc) is 3.47. The monoisotopic (exact) mass is 448 g/mol. The number of amides is 3. The molecule has 2 N–H and O–H groups in total. The molecule has 0 spiro atoms. The fourth-order valence-corrected chi connectivity index (χ4v) is 3.91. The number of urea groups is 1. The van der Waals surface area contributed by atoms with Crippen LogP contribution in [0.1, 0.15) is 44.2 Å². The van der Waals surface area contributed by atoms with Crippen molar-refractivity contribution in [3.05, 3.63) is 51.5 Å². The number of hydrogen-bond donors (Lipinski definition) is 2. The number of benzene rings is 2. The summed E-state index contributed by atoms with van der Waals surface area (Å²) in [5.74, 6) is 0.489. The van der Waals surface area contributed by atoms with Gasteiger partial charge in [0.25, 0.3) is 0 Å². The second kappa shape index (κ2) is 8.66. The number of halogens is 2. The molecule has 3 rings (SSSR count). The standard InChI is InChI=1S/C22H22Cl2N2O4/c1-4-19(28)26-21(29)25-14-9-17(23)20(18(24)10-14)30-15-6-5-12(2)16(11-15)22(7-8-22)13(3)27/h5-6,9-11H,4,7-8H2,1-3H3,(H2,25,26,28,29). The van der Waals surface area contributed by atoms with Gasteiger partial charge >= 0.3 is 6.03 Å². The van der Waals surface area contributed by atoms with Gasteiger partial charge in [0.2, 0.25) is 5.91 Å². The van der Waals surface area contributed by atoms with Crippen LogP contribution in [0.5, 0.6) is 11.5 Å². The summed E-state index contributed by atoms with van der Waals surface area (Å²) in [6.07, 6.45) is 1.85. The molecule has 0 atom stereocenters. The second-order valence-corrected chi connectivity index (χ2v) is 8.16. The van der Waals surface area contributed by atoms with Crippen molar-refractivity contribution in [2.75, 3.05) is 5.32 Å². The molecule has 0 unspecified atom stereocenters. The fourth-order valence-electron chi connectivity index (χ4n) is 3.34. The number of imide groups is 1. The zero-order chi connectivity index (χ0) is 22.1. The third-order valence-electron chi connectivity index (χ3n) is 5.20. The normalized spacial score (nSPS) is 14.0. The van der Waals surface area contributed by atoms with Crippen LogP contribution in [0.25, 0.3) is 0 Å². The van der Waals surface area contributed by atoms with E-state index in [1.807, 2.05) is 19.1 Å². The van der Waals surface area contributed by atoms with Crippen LogP contribution in [0.15, 0.2) is 30.3 Å². The van der Waals surface area contributed by atoms with E-state index in [4.69, 9.17) is 27.9 Å². The molecule has 0 aliphatic heterocycles. The molecule has 30 heavy (non-hydrogen) atoms. The SMILES string of the molecule is CCC(=O)NC(=O)Nc1cc(Cl)c(Oc2ccc(C)c(C3(C(C)=O)CC3)c2)c(Cl)c1. The molecule has 0 saturated heterocycles. The lowest BCUT2D eigenvalue weighted by molar-refractivity contribution is -0.120. The number of Topliss-reactive ketones (excluding diaryl/α,β-unsaturated/α-hetero) is 1. The van der Waals surface area contributed by atoms with Gasteiger partial charge in [-0.1, -0.05) is 36.2 Å². The smallest absolute Gasteiger partial charge is 0.325 e. The molecule has 158 valence electrons. The van der Waals surface area contributed by atoms with Gasteiger partial charge in [-0.05, 0) is 62.1 Å². The summed E-state index contributed by atoms with van der Waals surface area (Å²) in [5.41, 5.74) is 1.88. The van der Waals surface area contributed by atoms with Crippen LogP contribution in [0.2, 0.25) is 10.0 Å². The van der Waals surface area contributed by atoms with E-state index < -0.39 is 17.4 Å². The molecule has 8 heteroatoms. The van der Waals surface area contributed by atoms with Crippen molar-refractivity contribution in [1.29, 1.82) is 0 Å². The van der Waals surface area contributed by atoms with E-state index in [9.17, 15) is 14.4 Å². The van der Waals surface area contributed by atoms with Crippen LogP contribution in [-0.2, 0) is 15.0 Å². The molecule has 0 heterocycles. The Morgan fingerprint density at radius 2 is 1.73 bits per heavy atom. The number of ketones is 1. The number of carbonyl (C=O) groups excluding carboxylic acids is 3. The first kappa shape index (κ1) is 22.1. The van der Waals surface area contributed by atoms with E-state index in [2.05, 4.69) is 10.6 Å². The third-order valence-corrected chi connectivity index (χ3v) is 5.76. The Morgan fingerprint density at radius 1 is 1.10 bits per heavy atom. The molecule has 1 saturated carbocycles. The van der Waals surface area contributed by atoms with E-state index >= 15 is 0 Å². The Labute approximate surface area is 184 Å². The Morgan fingerprint density at radius 3 is 2.27 bits per heavy atom. The molecule has 2 aromatic carbocycles. The maximum atomic E-state index is 12.1. The first-order chi connectivity index (χ1) is 14.2. The molecule has 1 aliphatic carbocycles. The highest BCUT2D eigenvalue weighted by atomic mass is 35.5. The Hall–Kier alpha value is -2.57. The van der Waals surface area contributed by atoms with Gasteiger partial charge in [-0.15, -0.1) is 0 Å². The van der Waals surface area contributed by atoms with E-state index in [0.29, 0.717) is 11.4 Å². The lowest BCUT2D eigenvalue weighted by Crippen LogP contribution is -2.33. The first-order valence-corrected chi connectivity index (χ1v) is 10.3. The van der Waals surface area contributed by atoms with Crippen molar-refractivity contribution in [1.82, 2.24) is 5.32 Å². The van der Waals surface area contributed by atoms with Crippen LogP contribution in [-0.4, -0.2) is 17.7 Å². The van der Waals surface area contributed by atoms with Gasteiger partial charge in [-0.25, -0.2) is 4.79 Å². The Bertz CT molecular complexity index is 1010. The van der Waals surface area contributed by atoms with E-state index in [0.717, 1.165) is 24.0 Å². The lowest BCUT2D eigenvalue weighted by atomic mass is 9.88. The zero-order valence-corrected chi connectivity index (χ0v) is 18.4. The van der Waals surface area contributed by atoms with Crippen molar-refractivity contribution in [3.8, 4) is 11.5 Å². The predicted octanol–water partition coefficient (Wildman–Crippen LogP) is 5.77. The maximum Gasteiger partial charge on any atom is 0.325 e. The molecule has 1 fully saturated rings. The van der Waals surface area contributed by atoms with Crippen molar-refractivity contribution in [2.24, 2.45) is 0 Å². The van der Waals surface area contributed by atoms with Crippen molar-refractivity contribution < 1.29 is 19.1 Å². The molecule has 0 bridgehead atoms. The van der Waals surface area contributed by atoms with Crippen LogP contribution in [0.3, 0.4) is 0 Å². The Balaban J connectivity index is 1.82. The number of aryl methyl sites for hydroxylation is 1. The van der Waals surface area contributed by atoms with E-state index in [1.165, 1.54) is 12.1 Å². The van der Waals surface area contributed by atoms with Crippen molar-refractivity contribution in [3.63, 3.8) is 0 Å². The van der Waals surface area contributed by atoms with Gasteiger partial charge in [0.05, 0.1) is 15.5 Å². The largest absolute Gasteiger partial charge is 0.454 e. The van der Waals surface area contributed by atoms with E-state index in [1.54, 1.807) is 19.9 Å². The topological polar surface area (TPSA) is 84.5 Å². The van der Waals surface area contributed by atoms with Gasteiger partial charge in [0, 0.05) is 12.1 Å². The lowest BCUT2D eigenvalue weighted by Gasteiger charge is -2.18. The number of nitrogens with one attached hydrogen (secondary N) is 2. The quantitative estimate of drug-likeness (QED) is 0.586. The van der Waals surface area contributed by atoms with Crippen molar-refractivity contribution in [2.45, 2.75) is 45.4 Å². The third kappa shape index (κ3) is 4.60. The van der Waals surface area contributed by atoms with Gasteiger partial charge in [0.1, 0.15) is 11.5 Å². The average molecular weight is 449 g/mol. The molecule has 2 aromatic rings. The van der Waals surface area contributed by atoms with Crippen LogP contribution >= 0.6 is 23.2 Å². The Kier molecular flexibility index (Phi) is 6.38. The number of ether oxygens (including phenoxy) is 1. The van der Waals surface area contributed by atoms with Crippen LogP contribution in [0.4, 0.5) is 10.5 Å². The highest BCUT2D eigenvalue weighted by Gasteiger charge is 2.49. The summed E-state index contributed by atoms with van der Waals surface area (Å²) in [4.78, 5) is 35.2.